The lowest BCUT2D eigenvalue weighted by molar-refractivity contribution is 0.0937. The van der Waals surface area contributed by atoms with Gasteiger partial charge in [0.15, 0.2) is 5.82 Å². The molecular weight excluding hydrogens is 390 g/mol. The number of fused-ring (bicyclic) bond motifs is 1. The van der Waals surface area contributed by atoms with Crippen LogP contribution in [0.5, 0.6) is 5.75 Å². The van der Waals surface area contributed by atoms with Crippen LogP contribution in [-0.4, -0.2) is 45.8 Å². The Hall–Kier alpha value is -3.19. The van der Waals surface area contributed by atoms with Gasteiger partial charge in [0.1, 0.15) is 11.6 Å². The minimum absolute atomic E-state index is 0.154. The van der Waals surface area contributed by atoms with Crippen molar-refractivity contribution in [2.75, 3.05) is 20.2 Å². The van der Waals surface area contributed by atoms with Crippen molar-refractivity contribution in [1.29, 1.82) is 0 Å². The molecule has 7 nitrogen and oxygen atoms in total. The van der Waals surface area contributed by atoms with E-state index in [-0.39, 0.29) is 11.9 Å². The lowest BCUT2D eigenvalue weighted by atomic mass is 10.1. The monoisotopic (exact) mass is 419 g/mol. The van der Waals surface area contributed by atoms with Crippen LogP contribution in [0.3, 0.4) is 0 Å². The first-order chi connectivity index (χ1) is 15.0. The molecule has 0 saturated carbocycles. The maximum Gasteiger partial charge on any atom is 0.251 e. The van der Waals surface area contributed by atoms with Gasteiger partial charge in [0.2, 0.25) is 0 Å². The van der Waals surface area contributed by atoms with Gasteiger partial charge >= 0.3 is 0 Å². The van der Waals surface area contributed by atoms with E-state index < -0.39 is 0 Å². The molecule has 0 fully saturated rings. The molecule has 2 heterocycles. The third kappa shape index (κ3) is 4.94. The first-order valence-electron chi connectivity index (χ1n) is 10.7. The summed E-state index contributed by atoms with van der Waals surface area (Å²) in [6.07, 6.45) is 0.843. The van der Waals surface area contributed by atoms with E-state index in [2.05, 4.69) is 56.2 Å². The Kier molecular flexibility index (Phi) is 6.32. The zero-order chi connectivity index (χ0) is 21.8. The quantitative estimate of drug-likeness (QED) is 0.665. The lowest BCUT2D eigenvalue weighted by Gasteiger charge is -2.20. The van der Waals surface area contributed by atoms with E-state index in [4.69, 9.17) is 4.74 Å². The van der Waals surface area contributed by atoms with Gasteiger partial charge in [-0.05, 0) is 37.6 Å². The fourth-order valence-electron chi connectivity index (χ4n) is 3.93. The average molecular weight is 420 g/mol. The fraction of sp³-hybridized carbons (Fsp3) is 0.375. The van der Waals surface area contributed by atoms with Gasteiger partial charge in [-0.25, -0.2) is 0 Å². The number of benzene rings is 2. The van der Waals surface area contributed by atoms with Crippen molar-refractivity contribution in [3.63, 3.8) is 0 Å². The predicted molar refractivity (Wildman–Crippen MR) is 119 cm³/mol. The van der Waals surface area contributed by atoms with Crippen LogP contribution in [0.25, 0.3) is 0 Å². The fourth-order valence-corrected chi connectivity index (χ4v) is 3.93. The van der Waals surface area contributed by atoms with Crippen molar-refractivity contribution in [2.45, 2.75) is 39.4 Å². The second-order valence-electron chi connectivity index (χ2n) is 8.06. The number of carbonyl (C=O) groups excluding carboxylic acids is 1. The van der Waals surface area contributed by atoms with Crippen LogP contribution in [0, 0.1) is 6.92 Å². The van der Waals surface area contributed by atoms with Crippen molar-refractivity contribution in [1.82, 2.24) is 25.0 Å². The Bertz CT molecular complexity index is 1040. The summed E-state index contributed by atoms with van der Waals surface area (Å²) < 4.78 is 7.38. The van der Waals surface area contributed by atoms with E-state index in [0.29, 0.717) is 11.3 Å². The number of nitrogens with zero attached hydrogens (tertiary/aromatic N) is 4. The Morgan fingerprint density at radius 1 is 1.13 bits per heavy atom. The van der Waals surface area contributed by atoms with E-state index in [9.17, 15) is 4.79 Å². The topological polar surface area (TPSA) is 72.3 Å². The summed E-state index contributed by atoms with van der Waals surface area (Å²) in [6.45, 7) is 7.65. The molecule has 7 heteroatoms. The molecule has 0 radical (unpaired) electrons. The molecule has 1 aromatic heterocycles. The highest BCUT2D eigenvalue weighted by Crippen LogP contribution is 2.18. The molecular formula is C24H29N5O2. The van der Waals surface area contributed by atoms with Gasteiger partial charge in [-0.2, -0.15) is 0 Å². The number of carbonyl (C=O) groups is 1. The molecule has 2 aromatic carbocycles. The van der Waals surface area contributed by atoms with Crippen molar-refractivity contribution in [2.24, 2.45) is 0 Å². The summed E-state index contributed by atoms with van der Waals surface area (Å²) in [5.41, 5.74) is 3.16. The van der Waals surface area contributed by atoms with E-state index >= 15 is 0 Å². The highest BCUT2D eigenvalue weighted by atomic mass is 16.5. The molecule has 0 spiro atoms. The SMILES string of the molecule is COc1cccc(C(=O)NC(C)c2nnc3n2CCN(Cc2ccc(C)cc2)CC3)c1. The second kappa shape index (κ2) is 9.31. The maximum atomic E-state index is 12.7. The minimum atomic E-state index is -0.247. The zero-order valence-corrected chi connectivity index (χ0v) is 18.3. The number of nitrogens with one attached hydrogen (secondary N) is 1. The van der Waals surface area contributed by atoms with E-state index in [1.807, 2.05) is 19.1 Å². The van der Waals surface area contributed by atoms with Crippen molar-refractivity contribution < 1.29 is 9.53 Å². The highest BCUT2D eigenvalue weighted by molar-refractivity contribution is 5.94. The van der Waals surface area contributed by atoms with Crippen LogP contribution >= 0.6 is 0 Å². The molecule has 1 amide bonds. The van der Waals surface area contributed by atoms with Gasteiger partial charge in [-0.3, -0.25) is 9.69 Å². The average Bonchev–Trinajstić information content (AvgIpc) is 3.09. The molecule has 1 aliphatic rings. The first kappa shape index (κ1) is 21.1. The van der Waals surface area contributed by atoms with Crippen molar-refractivity contribution >= 4 is 5.91 Å². The molecule has 1 aliphatic heterocycles. The predicted octanol–water partition coefficient (Wildman–Crippen LogP) is 3.14. The van der Waals surface area contributed by atoms with Crippen LogP contribution in [0.15, 0.2) is 48.5 Å². The van der Waals surface area contributed by atoms with Gasteiger partial charge in [0.25, 0.3) is 5.91 Å². The summed E-state index contributed by atoms with van der Waals surface area (Å²) in [6, 6.07) is 15.6. The Balaban J connectivity index is 1.41. The number of hydrogen-bond acceptors (Lipinski definition) is 5. The molecule has 1 N–H and O–H groups in total. The molecule has 31 heavy (non-hydrogen) atoms. The van der Waals surface area contributed by atoms with Crippen molar-refractivity contribution in [3.8, 4) is 5.75 Å². The molecule has 162 valence electrons. The van der Waals surface area contributed by atoms with Gasteiger partial charge in [0.05, 0.1) is 13.2 Å². The van der Waals surface area contributed by atoms with Gasteiger partial charge in [0, 0.05) is 38.2 Å². The molecule has 0 saturated heterocycles. The Morgan fingerprint density at radius 2 is 1.94 bits per heavy atom. The zero-order valence-electron chi connectivity index (χ0n) is 18.3. The number of aromatic nitrogens is 3. The Labute approximate surface area is 183 Å². The molecule has 0 bridgehead atoms. The first-order valence-corrected chi connectivity index (χ1v) is 10.7. The smallest absolute Gasteiger partial charge is 0.251 e. The summed E-state index contributed by atoms with van der Waals surface area (Å²) >= 11 is 0. The third-order valence-electron chi connectivity index (χ3n) is 5.74. The molecule has 3 aromatic rings. The Morgan fingerprint density at radius 3 is 2.71 bits per heavy atom. The largest absolute Gasteiger partial charge is 0.497 e. The number of aryl methyl sites for hydroxylation is 1. The summed E-state index contributed by atoms with van der Waals surface area (Å²) in [5.74, 6) is 2.27. The molecule has 1 unspecified atom stereocenters. The number of rotatable bonds is 6. The number of ether oxygens (including phenoxy) is 1. The molecule has 1 atom stereocenters. The van der Waals surface area contributed by atoms with Crippen LogP contribution in [-0.2, 0) is 19.5 Å². The van der Waals surface area contributed by atoms with E-state index in [0.717, 1.165) is 44.2 Å². The number of methoxy groups -OCH3 is 1. The van der Waals surface area contributed by atoms with Crippen LogP contribution in [0.2, 0.25) is 0 Å². The van der Waals surface area contributed by atoms with Gasteiger partial charge < -0.3 is 14.6 Å². The number of amides is 1. The minimum Gasteiger partial charge on any atom is -0.497 e. The third-order valence-corrected chi connectivity index (χ3v) is 5.74. The highest BCUT2D eigenvalue weighted by Gasteiger charge is 2.23. The van der Waals surface area contributed by atoms with Crippen LogP contribution < -0.4 is 10.1 Å². The van der Waals surface area contributed by atoms with Gasteiger partial charge in [-0.15, -0.1) is 10.2 Å². The normalized spacial score (nSPS) is 15.1. The van der Waals surface area contributed by atoms with Crippen molar-refractivity contribution in [3.05, 3.63) is 76.9 Å². The lowest BCUT2D eigenvalue weighted by Crippen LogP contribution is -2.30. The molecule has 4 rings (SSSR count). The maximum absolute atomic E-state index is 12.7. The summed E-state index contributed by atoms with van der Waals surface area (Å²) in [4.78, 5) is 15.1. The standard InChI is InChI=1S/C24H29N5O2/c1-17-7-9-19(10-8-17)16-28-12-11-22-26-27-23(29(22)14-13-28)18(2)25-24(30)20-5-4-6-21(15-20)31-3/h4-10,15,18H,11-14,16H2,1-3H3,(H,25,30). The number of hydrogen-bond donors (Lipinski definition) is 1. The van der Waals surface area contributed by atoms with E-state index in [1.165, 1.54) is 11.1 Å². The summed E-state index contributed by atoms with van der Waals surface area (Å²) in [7, 11) is 1.59. The van der Waals surface area contributed by atoms with E-state index in [1.54, 1.807) is 19.2 Å². The molecule has 0 aliphatic carbocycles. The van der Waals surface area contributed by atoms with Crippen LogP contribution in [0.4, 0.5) is 0 Å². The van der Waals surface area contributed by atoms with Gasteiger partial charge in [-0.1, -0.05) is 35.9 Å². The van der Waals surface area contributed by atoms with Crippen LogP contribution in [0.1, 0.15) is 46.1 Å². The summed E-state index contributed by atoms with van der Waals surface area (Å²) in [5, 5.41) is 11.9. The second-order valence-corrected chi connectivity index (χ2v) is 8.06.